The highest BCUT2D eigenvalue weighted by Crippen LogP contribution is 2.36. The smallest absolute Gasteiger partial charge is 0.269 e. The molecule has 0 aliphatic carbocycles. The average molecular weight is 445 g/mol. The lowest BCUT2D eigenvalue weighted by molar-refractivity contribution is -0.0949. The van der Waals surface area contributed by atoms with E-state index >= 15 is 0 Å². The van der Waals surface area contributed by atoms with Crippen LogP contribution in [0.5, 0.6) is 0 Å². The molecule has 1 aromatic carbocycles. The Hall–Kier alpha value is -2.78. The van der Waals surface area contributed by atoms with E-state index in [1.807, 2.05) is 0 Å². The zero-order valence-corrected chi connectivity index (χ0v) is 17.8. The van der Waals surface area contributed by atoms with Gasteiger partial charge in [0.2, 0.25) is 0 Å². The monoisotopic (exact) mass is 444 g/mol. The maximum absolute atomic E-state index is 14.4. The van der Waals surface area contributed by atoms with E-state index in [0.29, 0.717) is 16.4 Å². The maximum atomic E-state index is 14.4. The van der Waals surface area contributed by atoms with Crippen LogP contribution in [0.4, 0.5) is 10.1 Å². The third-order valence-corrected chi connectivity index (χ3v) is 6.28. The number of aromatic nitrogens is 5. The van der Waals surface area contributed by atoms with Gasteiger partial charge >= 0.3 is 0 Å². The fourth-order valence-corrected chi connectivity index (χ4v) is 4.45. The second-order valence-corrected chi connectivity index (χ2v) is 8.62. The molecule has 0 unspecified atom stereocenters. The number of nitrogens with zero attached hydrogens (tertiary/aromatic N) is 6. The van der Waals surface area contributed by atoms with Crippen LogP contribution in [-0.4, -0.2) is 50.1 Å². The summed E-state index contributed by atoms with van der Waals surface area (Å²) in [5.74, 6) is -0.499. The van der Waals surface area contributed by atoms with E-state index in [9.17, 15) is 9.18 Å². The Morgan fingerprint density at radius 3 is 2.81 bits per heavy atom. The first-order valence-electron chi connectivity index (χ1n) is 10.2. The molecule has 31 heavy (non-hydrogen) atoms. The van der Waals surface area contributed by atoms with E-state index in [4.69, 9.17) is 16.3 Å². The summed E-state index contributed by atoms with van der Waals surface area (Å²) in [4.78, 5) is 14.9. The van der Waals surface area contributed by atoms with Crippen molar-refractivity contribution in [3.63, 3.8) is 0 Å². The van der Waals surface area contributed by atoms with Crippen LogP contribution in [0.1, 0.15) is 25.0 Å². The molecule has 2 saturated heterocycles. The Labute approximate surface area is 183 Å². The Kier molecular flexibility index (Phi) is 5.02. The molecule has 10 heteroatoms. The summed E-state index contributed by atoms with van der Waals surface area (Å²) in [6.07, 6.45) is 5.04. The lowest BCUT2D eigenvalue weighted by Gasteiger charge is -2.52. The summed E-state index contributed by atoms with van der Waals surface area (Å²) in [7, 11) is 1.70. The van der Waals surface area contributed by atoms with E-state index in [2.05, 4.69) is 20.3 Å². The number of hydrogen-bond acceptors (Lipinski definition) is 6. The van der Waals surface area contributed by atoms with Crippen LogP contribution in [0.25, 0.3) is 11.3 Å². The van der Waals surface area contributed by atoms with E-state index in [1.54, 1.807) is 31.4 Å². The summed E-state index contributed by atoms with van der Waals surface area (Å²) in [6, 6.07) is 5.95. The van der Waals surface area contributed by atoms with Crippen LogP contribution in [0.15, 0.2) is 35.3 Å². The summed E-state index contributed by atoms with van der Waals surface area (Å²) in [5, 5.41) is 12.7. The van der Waals surface area contributed by atoms with Crippen LogP contribution >= 0.6 is 11.6 Å². The molecule has 0 amide bonds. The second kappa shape index (κ2) is 7.72. The molecule has 1 spiro atoms. The van der Waals surface area contributed by atoms with Crippen molar-refractivity contribution in [2.24, 2.45) is 7.05 Å². The normalized spacial score (nSPS) is 17.7. The van der Waals surface area contributed by atoms with Crippen molar-refractivity contribution in [3.8, 4) is 11.3 Å². The molecule has 0 bridgehead atoms. The quantitative estimate of drug-likeness (QED) is 0.615. The zero-order chi connectivity index (χ0) is 21.6. The van der Waals surface area contributed by atoms with Crippen molar-refractivity contribution < 1.29 is 9.13 Å². The molecule has 2 aliphatic heterocycles. The highest BCUT2D eigenvalue weighted by atomic mass is 35.5. The molecule has 5 rings (SSSR count). The molecule has 0 N–H and O–H groups in total. The lowest BCUT2D eigenvalue weighted by Crippen LogP contribution is -2.64. The average Bonchev–Trinajstić information content (AvgIpc) is 3.08. The highest BCUT2D eigenvalue weighted by Gasteiger charge is 2.45. The molecule has 0 atom stereocenters. The van der Waals surface area contributed by atoms with Crippen molar-refractivity contribution in [2.75, 3.05) is 24.6 Å². The molecule has 162 valence electrons. The largest absolute Gasteiger partial charge is 0.371 e. The summed E-state index contributed by atoms with van der Waals surface area (Å²) < 4.78 is 23.2. The van der Waals surface area contributed by atoms with Gasteiger partial charge in [-0.25, -0.2) is 13.8 Å². The molecular formula is C21H22ClFN6O2. The summed E-state index contributed by atoms with van der Waals surface area (Å²) >= 11 is 5.86. The van der Waals surface area contributed by atoms with Crippen molar-refractivity contribution in [1.82, 2.24) is 24.8 Å². The molecule has 2 aliphatic rings. The van der Waals surface area contributed by atoms with Gasteiger partial charge in [-0.2, -0.15) is 5.10 Å². The molecule has 2 aromatic heterocycles. The number of rotatable bonds is 4. The number of aryl methyl sites for hydroxylation is 1. The number of halogens is 2. The van der Waals surface area contributed by atoms with Gasteiger partial charge in [0.15, 0.2) is 0 Å². The molecule has 0 radical (unpaired) electrons. The van der Waals surface area contributed by atoms with Crippen LogP contribution in [0, 0.1) is 5.82 Å². The first-order chi connectivity index (χ1) is 14.9. The second-order valence-electron chi connectivity index (χ2n) is 8.19. The van der Waals surface area contributed by atoms with Crippen LogP contribution < -0.4 is 10.5 Å². The fraction of sp³-hybridized carbons (Fsp3) is 0.429. The molecule has 8 nitrogen and oxygen atoms in total. The Bertz CT molecular complexity index is 1180. The molecule has 3 aromatic rings. The standard InChI is InChI=1S/C21H22ClFN6O2/c1-27-18(20(25-26-27)16-5-4-14(22)8-17(16)23)11-29-19(30)9-15(10-24-29)28-12-21(13-28)6-2-3-7-31-21/h4-5,8-10H,2-3,6-7,11-13H2,1H3. The third kappa shape index (κ3) is 3.72. The van der Waals surface area contributed by atoms with Crippen molar-refractivity contribution in [3.05, 3.63) is 57.3 Å². The predicted octanol–water partition coefficient (Wildman–Crippen LogP) is 2.64. The lowest BCUT2D eigenvalue weighted by atomic mass is 9.86. The number of ether oxygens (including phenoxy) is 1. The van der Waals surface area contributed by atoms with Crippen LogP contribution in [-0.2, 0) is 18.3 Å². The van der Waals surface area contributed by atoms with Crippen LogP contribution in [0.3, 0.4) is 0 Å². The highest BCUT2D eigenvalue weighted by molar-refractivity contribution is 6.30. The summed E-state index contributed by atoms with van der Waals surface area (Å²) in [6.45, 7) is 2.49. The first kappa shape index (κ1) is 20.1. The first-order valence-corrected chi connectivity index (χ1v) is 10.6. The minimum atomic E-state index is -0.499. The number of anilines is 1. The minimum absolute atomic E-state index is 0.0644. The van der Waals surface area contributed by atoms with Gasteiger partial charge in [-0.15, -0.1) is 5.10 Å². The Morgan fingerprint density at radius 1 is 1.26 bits per heavy atom. The van der Waals surface area contributed by atoms with E-state index in [0.717, 1.165) is 38.2 Å². The van der Waals surface area contributed by atoms with Gasteiger partial charge < -0.3 is 9.64 Å². The zero-order valence-electron chi connectivity index (χ0n) is 17.1. The van der Waals surface area contributed by atoms with E-state index in [-0.39, 0.29) is 23.3 Å². The SMILES string of the molecule is Cn1nnc(-c2ccc(Cl)cc2F)c1Cn1ncc(N2CC3(CCCCO3)C2)cc1=O. The minimum Gasteiger partial charge on any atom is -0.371 e. The van der Waals surface area contributed by atoms with Crippen molar-refractivity contribution in [1.29, 1.82) is 0 Å². The van der Waals surface area contributed by atoms with Gasteiger partial charge in [-0.3, -0.25) is 4.79 Å². The maximum Gasteiger partial charge on any atom is 0.269 e. The van der Waals surface area contributed by atoms with Gasteiger partial charge in [-0.05, 0) is 37.5 Å². The van der Waals surface area contributed by atoms with Gasteiger partial charge in [0.25, 0.3) is 5.56 Å². The fourth-order valence-electron chi connectivity index (χ4n) is 4.29. The summed E-state index contributed by atoms with van der Waals surface area (Å²) in [5.41, 5.74) is 1.68. The van der Waals surface area contributed by atoms with Gasteiger partial charge in [0, 0.05) is 43.4 Å². The third-order valence-electron chi connectivity index (χ3n) is 6.04. The number of benzene rings is 1. The van der Waals surface area contributed by atoms with Crippen LogP contribution in [0.2, 0.25) is 5.02 Å². The van der Waals surface area contributed by atoms with E-state index in [1.165, 1.54) is 21.9 Å². The van der Waals surface area contributed by atoms with Gasteiger partial charge in [0.1, 0.15) is 17.1 Å². The van der Waals surface area contributed by atoms with Crippen molar-refractivity contribution >= 4 is 17.3 Å². The van der Waals surface area contributed by atoms with E-state index < -0.39 is 5.82 Å². The number of hydrogen-bond donors (Lipinski definition) is 0. The van der Waals surface area contributed by atoms with Gasteiger partial charge in [-0.1, -0.05) is 16.8 Å². The van der Waals surface area contributed by atoms with Crippen molar-refractivity contribution in [2.45, 2.75) is 31.4 Å². The topological polar surface area (TPSA) is 78.1 Å². The predicted molar refractivity (Wildman–Crippen MR) is 114 cm³/mol. The molecule has 4 heterocycles. The van der Waals surface area contributed by atoms with Gasteiger partial charge in [0.05, 0.1) is 24.1 Å². The Balaban J connectivity index is 1.37. The Morgan fingerprint density at radius 2 is 2.10 bits per heavy atom. The molecule has 0 saturated carbocycles. The molecular weight excluding hydrogens is 423 g/mol. The molecule has 2 fully saturated rings.